The first-order valence-electron chi connectivity index (χ1n) is 11.3. The summed E-state index contributed by atoms with van der Waals surface area (Å²) >= 11 is 1.47. The minimum atomic E-state index is -0.411. The number of cyclic esters (lactones) is 1. The lowest BCUT2D eigenvalue weighted by molar-refractivity contribution is -0.113. The maximum atomic E-state index is 12.8. The average Bonchev–Trinajstić information content (AvgIpc) is 3.25. The van der Waals surface area contributed by atoms with Crippen molar-refractivity contribution in [3.8, 4) is 5.75 Å². The quantitative estimate of drug-likeness (QED) is 0.483. The van der Waals surface area contributed by atoms with E-state index < -0.39 is 6.09 Å². The number of amides is 3. The van der Waals surface area contributed by atoms with Gasteiger partial charge >= 0.3 is 6.09 Å². The third-order valence-corrected chi connectivity index (χ3v) is 7.04. The molecule has 2 aliphatic rings. The Morgan fingerprint density at radius 3 is 3.00 bits per heavy atom. The first-order chi connectivity index (χ1) is 17.0. The number of aromatic nitrogens is 1. The summed E-state index contributed by atoms with van der Waals surface area (Å²) in [5.41, 5.74) is 2.65. The van der Waals surface area contributed by atoms with Crippen molar-refractivity contribution in [2.45, 2.75) is 23.8 Å². The van der Waals surface area contributed by atoms with Gasteiger partial charge in [-0.1, -0.05) is 0 Å². The lowest BCUT2D eigenvalue weighted by Crippen LogP contribution is -2.27. The molecule has 9 nitrogen and oxygen atoms in total. The first kappa shape index (κ1) is 23.0. The van der Waals surface area contributed by atoms with Crippen LogP contribution in [0.4, 0.5) is 16.2 Å². The standard InChI is InChI=1S/C25H24N4O5S/c1-33-16-5-6-20-19(12-16)18(8-10-26-20)24(31)27-9-2-3-17-13-29(25(32)34-17)15-4-7-22-21(11-15)28-23(30)14-35-22/h4-8,10-12,17H,2-3,9,13-14H2,1H3,(H,27,31)(H,28,30)/t17-/m1/s1. The van der Waals surface area contributed by atoms with Gasteiger partial charge in [-0.25, -0.2) is 4.79 Å². The molecular weight excluding hydrogens is 468 g/mol. The Morgan fingerprint density at radius 1 is 1.26 bits per heavy atom. The maximum Gasteiger partial charge on any atom is 0.414 e. The van der Waals surface area contributed by atoms with Crippen LogP contribution in [0.5, 0.6) is 5.75 Å². The fraction of sp³-hybridized carbons (Fsp3) is 0.280. The predicted molar refractivity (Wildman–Crippen MR) is 133 cm³/mol. The van der Waals surface area contributed by atoms with Crippen LogP contribution in [0.15, 0.2) is 53.6 Å². The molecule has 1 fully saturated rings. The van der Waals surface area contributed by atoms with E-state index in [0.29, 0.717) is 54.4 Å². The number of carbonyl (C=O) groups excluding carboxylic acids is 3. The summed E-state index contributed by atoms with van der Waals surface area (Å²) < 4.78 is 10.8. The van der Waals surface area contributed by atoms with Crippen LogP contribution < -0.4 is 20.3 Å². The number of pyridine rings is 1. The van der Waals surface area contributed by atoms with E-state index in [1.807, 2.05) is 24.3 Å². The summed E-state index contributed by atoms with van der Waals surface area (Å²) in [6, 6.07) is 12.7. The number of nitrogens with one attached hydrogen (secondary N) is 2. The second kappa shape index (κ2) is 9.83. The summed E-state index contributed by atoms with van der Waals surface area (Å²) in [4.78, 5) is 43.8. The molecule has 0 saturated carbocycles. The van der Waals surface area contributed by atoms with Crippen LogP contribution in [0, 0.1) is 0 Å². The molecule has 3 aromatic rings. The van der Waals surface area contributed by atoms with Gasteiger partial charge in [-0.3, -0.25) is 19.5 Å². The molecule has 0 bridgehead atoms. The molecule has 0 spiro atoms. The Balaban J connectivity index is 1.15. The molecule has 1 saturated heterocycles. The molecule has 2 N–H and O–H groups in total. The zero-order valence-corrected chi connectivity index (χ0v) is 19.9. The number of fused-ring (bicyclic) bond motifs is 2. The van der Waals surface area contributed by atoms with Crippen molar-refractivity contribution >= 4 is 51.9 Å². The maximum absolute atomic E-state index is 12.8. The number of rotatable bonds is 7. The second-order valence-corrected chi connectivity index (χ2v) is 9.29. The molecule has 1 atom stereocenters. The summed E-state index contributed by atoms with van der Waals surface area (Å²) in [5, 5.41) is 6.51. The van der Waals surface area contributed by atoms with Crippen LogP contribution in [0.3, 0.4) is 0 Å². The fourth-order valence-corrected chi connectivity index (χ4v) is 4.99. The van der Waals surface area contributed by atoms with Gasteiger partial charge < -0.3 is 20.1 Å². The lowest BCUT2D eigenvalue weighted by atomic mass is 10.1. The molecule has 0 unspecified atom stereocenters. The van der Waals surface area contributed by atoms with Gasteiger partial charge in [0.15, 0.2) is 0 Å². The number of anilines is 2. The van der Waals surface area contributed by atoms with Gasteiger partial charge in [0.25, 0.3) is 5.91 Å². The molecule has 35 heavy (non-hydrogen) atoms. The number of thioether (sulfide) groups is 1. The molecular formula is C25H24N4O5S. The largest absolute Gasteiger partial charge is 0.497 e. The van der Waals surface area contributed by atoms with E-state index in [1.54, 1.807) is 36.4 Å². The van der Waals surface area contributed by atoms with Crippen molar-refractivity contribution in [3.05, 3.63) is 54.2 Å². The van der Waals surface area contributed by atoms with E-state index in [2.05, 4.69) is 15.6 Å². The van der Waals surface area contributed by atoms with Crippen LogP contribution in [-0.4, -0.2) is 54.9 Å². The van der Waals surface area contributed by atoms with Crippen LogP contribution in [-0.2, 0) is 9.53 Å². The zero-order valence-electron chi connectivity index (χ0n) is 19.1. The minimum absolute atomic E-state index is 0.0533. The zero-order chi connectivity index (χ0) is 24.4. The molecule has 10 heteroatoms. The Hall–Kier alpha value is -3.79. The normalized spacial score (nSPS) is 17.1. The SMILES string of the molecule is COc1ccc2nccc(C(=O)NCCC[C@@H]3CN(c4ccc5c(c4)NC(=O)CS5)C(=O)O3)c2c1. The Morgan fingerprint density at radius 2 is 2.14 bits per heavy atom. The summed E-state index contributed by atoms with van der Waals surface area (Å²) in [7, 11) is 1.58. The Labute approximate surface area is 206 Å². The number of hydrogen-bond donors (Lipinski definition) is 2. The van der Waals surface area contributed by atoms with E-state index in [4.69, 9.17) is 9.47 Å². The van der Waals surface area contributed by atoms with Crippen molar-refractivity contribution in [1.82, 2.24) is 10.3 Å². The Bertz CT molecular complexity index is 1310. The first-order valence-corrected chi connectivity index (χ1v) is 12.3. The monoisotopic (exact) mass is 492 g/mol. The highest BCUT2D eigenvalue weighted by molar-refractivity contribution is 8.00. The van der Waals surface area contributed by atoms with E-state index in [9.17, 15) is 14.4 Å². The number of nitrogens with zero attached hydrogens (tertiary/aromatic N) is 2. The molecule has 3 amide bonds. The van der Waals surface area contributed by atoms with Crippen molar-refractivity contribution in [1.29, 1.82) is 0 Å². The third kappa shape index (κ3) is 4.88. The summed E-state index contributed by atoms with van der Waals surface area (Å²) in [5.74, 6) is 0.807. The number of benzene rings is 2. The topological polar surface area (TPSA) is 110 Å². The highest BCUT2D eigenvalue weighted by Crippen LogP contribution is 2.35. The lowest BCUT2D eigenvalue weighted by Gasteiger charge is -2.20. The smallest absolute Gasteiger partial charge is 0.414 e. The number of carbonyl (C=O) groups is 3. The second-order valence-electron chi connectivity index (χ2n) is 8.27. The Kier molecular flexibility index (Phi) is 6.45. The molecule has 1 aromatic heterocycles. The van der Waals surface area contributed by atoms with Gasteiger partial charge in [-0.2, -0.15) is 0 Å². The average molecular weight is 493 g/mol. The van der Waals surface area contributed by atoms with Crippen LogP contribution in [0.25, 0.3) is 10.9 Å². The van der Waals surface area contributed by atoms with Crippen molar-refractivity contribution < 1.29 is 23.9 Å². The number of ether oxygens (including phenoxy) is 2. The van der Waals surface area contributed by atoms with Gasteiger partial charge in [0.2, 0.25) is 5.91 Å². The van der Waals surface area contributed by atoms with Crippen LogP contribution >= 0.6 is 11.8 Å². The van der Waals surface area contributed by atoms with E-state index in [1.165, 1.54) is 11.8 Å². The highest BCUT2D eigenvalue weighted by Gasteiger charge is 2.32. The van der Waals surface area contributed by atoms with Gasteiger partial charge in [0.05, 0.1) is 36.2 Å². The van der Waals surface area contributed by atoms with Crippen LogP contribution in [0.2, 0.25) is 0 Å². The number of hydrogen-bond acceptors (Lipinski definition) is 7. The van der Waals surface area contributed by atoms with E-state index in [-0.39, 0.29) is 17.9 Å². The van der Waals surface area contributed by atoms with Crippen molar-refractivity contribution in [2.75, 3.05) is 36.2 Å². The molecule has 3 heterocycles. The molecule has 180 valence electrons. The van der Waals surface area contributed by atoms with Gasteiger partial charge in [-0.15, -0.1) is 11.8 Å². The highest BCUT2D eigenvalue weighted by atomic mass is 32.2. The molecule has 2 aliphatic heterocycles. The fourth-order valence-electron chi connectivity index (χ4n) is 4.20. The molecule has 5 rings (SSSR count). The summed E-state index contributed by atoms with van der Waals surface area (Å²) in [6.07, 6.45) is 2.20. The third-order valence-electron chi connectivity index (χ3n) is 5.96. The molecule has 0 aliphatic carbocycles. The van der Waals surface area contributed by atoms with Gasteiger partial charge in [-0.05, 0) is 55.3 Å². The van der Waals surface area contributed by atoms with E-state index >= 15 is 0 Å². The number of methoxy groups -OCH3 is 1. The van der Waals surface area contributed by atoms with Crippen molar-refractivity contribution in [3.63, 3.8) is 0 Å². The van der Waals surface area contributed by atoms with Crippen LogP contribution in [0.1, 0.15) is 23.2 Å². The van der Waals surface area contributed by atoms with Gasteiger partial charge in [0, 0.05) is 28.7 Å². The van der Waals surface area contributed by atoms with E-state index in [0.717, 1.165) is 15.8 Å². The summed E-state index contributed by atoms with van der Waals surface area (Å²) in [6.45, 7) is 0.865. The minimum Gasteiger partial charge on any atom is -0.497 e. The van der Waals surface area contributed by atoms with Gasteiger partial charge in [0.1, 0.15) is 11.9 Å². The molecule has 2 aromatic carbocycles. The molecule has 0 radical (unpaired) electrons. The predicted octanol–water partition coefficient (Wildman–Crippen LogP) is 3.82. The van der Waals surface area contributed by atoms with Crippen molar-refractivity contribution in [2.24, 2.45) is 0 Å².